The number of likely N-dealkylation sites (tertiary alicyclic amines) is 1. The van der Waals surface area contributed by atoms with Gasteiger partial charge in [0.2, 0.25) is 0 Å². The highest BCUT2D eigenvalue weighted by molar-refractivity contribution is 7.71. The van der Waals surface area contributed by atoms with Gasteiger partial charge in [-0.1, -0.05) is 24.3 Å². The van der Waals surface area contributed by atoms with Gasteiger partial charge in [0, 0.05) is 25.6 Å². The Kier molecular flexibility index (Phi) is 5.03. The zero-order valence-corrected chi connectivity index (χ0v) is 15.4. The first-order chi connectivity index (χ1) is 11.9. The Bertz CT molecular complexity index is 845. The number of β-amino-alcohol motifs (C(OH)–C–C–N with tert-alkyl or cyclic N) is 1. The van der Waals surface area contributed by atoms with Gasteiger partial charge in [-0.2, -0.15) is 5.10 Å². The topological polar surface area (TPSA) is 72.5 Å². The summed E-state index contributed by atoms with van der Waals surface area (Å²) in [5.41, 5.74) is 2.13. The largest absolute Gasteiger partial charge is 0.468 e. The average Bonchev–Trinajstić information content (AvgIpc) is 3.09. The minimum atomic E-state index is -0.558. The quantitative estimate of drug-likeness (QED) is 0.656. The lowest BCUT2D eigenvalue weighted by Gasteiger charge is -2.21. The van der Waals surface area contributed by atoms with Gasteiger partial charge in [0.1, 0.15) is 6.04 Å². The second-order valence-corrected chi connectivity index (χ2v) is 6.69. The maximum atomic E-state index is 11.9. The number of aliphatic hydroxyl groups is 1. The van der Waals surface area contributed by atoms with Crippen LogP contribution in [0.2, 0.25) is 0 Å². The predicted molar refractivity (Wildman–Crippen MR) is 95.3 cm³/mol. The number of ether oxygens (including phenoxy) is 1. The number of carbonyl (C=O) groups is 1. The first-order valence-corrected chi connectivity index (χ1v) is 8.53. The van der Waals surface area contributed by atoms with Crippen LogP contribution < -0.4 is 0 Å². The molecule has 7 nitrogen and oxygen atoms in total. The molecule has 134 valence electrons. The third kappa shape index (κ3) is 3.37. The normalized spacial score (nSPS) is 20.8. The van der Waals surface area contributed by atoms with Crippen LogP contribution in [0.25, 0.3) is 11.4 Å². The standard InChI is InChI=1S/C17H22N4O3S/c1-11-6-4-5-7-13(11)15-18-21(17(25)19(15)2)10-20-9-12(22)8-14(20)16(23)24-3/h4-7,12,14,22H,8-10H2,1-3H3/t12-,14-/m0/s1. The molecule has 0 bridgehead atoms. The summed E-state index contributed by atoms with van der Waals surface area (Å²) in [6.07, 6.45) is -0.199. The van der Waals surface area contributed by atoms with Crippen LogP contribution >= 0.6 is 12.2 Å². The molecular weight excluding hydrogens is 340 g/mol. The molecule has 0 spiro atoms. The summed E-state index contributed by atoms with van der Waals surface area (Å²) >= 11 is 5.51. The Labute approximate surface area is 151 Å². The highest BCUT2D eigenvalue weighted by atomic mass is 32.1. The van der Waals surface area contributed by atoms with Gasteiger partial charge in [-0.25, -0.2) is 4.68 Å². The molecule has 3 rings (SSSR count). The molecule has 0 saturated carbocycles. The highest BCUT2D eigenvalue weighted by Crippen LogP contribution is 2.23. The third-order valence-electron chi connectivity index (χ3n) is 4.60. The fourth-order valence-electron chi connectivity index (χ4n) is 3.23. The van der Waals surface area contributed by atoms with Crippen molar-refractivity contribution in [3.8, 4) is 11.4 Å². The summed E-state index contributed by atoms with van der Waals surface area (Å²) in [6.45, 7) is 2.74. The zero-order valence-electron chi connectivity index (χ0n) is 14.5. The second-order valence-electron chi connectivity index (χ2n) is 6.32. The van der Waals surface area contributed by atoms with Crippen LogP contribution in [0.1, 0.15) is 12.0 Å². The van der Waals surface area contributed by atoms with Gasteiger partial charge in [-0.3, -0.25) is 9.69 Å². The van der Waals surface area contributed by atoms with Crippen molar-refractivity contribution < 1.29 is 14.6 Å². The summed E-state index contributed by atoms with van der Waals surface area (Å²) < 4.78 is 8.94. The minimum Gasteiger partial charge on any atom is -0.468 e. The van der Waals surface area contributed by atoms with E-state index < -0.39 is 12.1 Å². The SMILES string of the molecule is COC(=O)[C@@H]1C[C@H](O)CN1Cn1nc(-c2ccccc2C)n(C)c1=S. The molecule has 25 heavy (non-hydrogen) atoms. The Morgan fingerprint density at radius 2 is 2.16 bits per heavy atom. The number of benzene rings is 1. The molecule has 1 aromatic heterocycles. The minimum absolute atomic E-state index is 0.329. The van der Waals surface area contributed by atoms with Crippen molar-refractivity contribution in [2.75, 3.05) is 13.7 Å². The summed E-state index contributed by atoms with van der Waals surface area (Å²) in [5, 5.41) is 14.6. The van der Waals surface area contributed by atoms with Gasteiger partial charge >= 0.3 is 5.97 Å². The Morgan fingerprint density at radius 3 is 2.84 bits per heavy atom. The fourth-order valence-corrected chi connectivity index (χ4v) is 3.41. The predicted octanol–water partition coefficient (Wildman–Crippen LogP) is 1.49. The van der Waals surface area contributed by atoms with Crippen LogP contribution in [0.5, 0.6) is 0 Å². The number of rotatable bonds is 4. The van der Waals surface area contributed by atoms with E-state index in [0.717, 1.165) is 17.0 Å². The van der Waals surface area contributed by atoms with Gasteiger partial charge in [0.15, 0.2) is 10.6 Å². The maximum absolute atomic E-state index is 11.9. The molecule has 1 N–H and O–H groups in total. The van der Waals surface area contributed by atoms with Gasteiger partial charge < -0.3 is 14.4 Å². The van der Waals surface area contributed by atoms with Crippen LogP contribution in [0.15, 0.2) is 24.3 Å². The van der Waals surface area contributed by atoms with E-state index in [1.807, 2.05) is 47.7 Å². The second kappa shape index (κ2) is 7.07. The van der Waals surface area contributed by atoms with Crippen molar-refractivity contribution in [3.63, 3.8) is 0 Å². The first kappa shape index (κ1) is 17.8. The number of carbonyl (C=O) groups excluding carboxylic acids is 1. The molecule has 2 aromatic rings. The molecule has 8 heteroatoms. The molecule has 2 atom stereocenters. The van der Waals surface area contributed by atoms with Gasteiger partial charge in [0.05, 0.1) is 19.9 Å². The number of hydrogen-bond acceptors (Lipinski definition) is 6. The van der Waals surface area contributed by atoms with Crippen molar-refractivity contribution >= 4 is 18.2 Å². The summed E-state index contributed by atoms with van der Waals surface area (Å²) in [5.74, 6) is 0.426. The molecule has 1 saturated heterocycles. The smallest absolute Gasteiger partial charge is 0.323 e. The first-order valence-electron chi connectivity index (χ1n) is 8.12. The maximum Gasteiger partial charge on any atom is 0.323 e. The monoisotopic (exact) mass is 362 g/mol. The number of methoxy groups -OCH3 is 1. The van der Waals surface area contributed by atoms with Crippen molar-refractivity contribution in [2.24, 2.45) is 7.05 Å². The van der Waals surface area contributed by atoms with Gasteiger partial charge in [0.25, 0.3) is 0 Å². The van der Waals surface area contributed by atoms with Crippen molar-refractivity contribution in [1.82, 2.24) is 19.2 Å². The fraction of sp³-hybridized carbons (Fsp3) is 0.471. The molecule has 1 fully saturated rings. The van der Waals surface area contributed by atoms with Crippen molar-refractivity contribution in [2.45, 2.75) is 32.2 Å². The number of aryl methyl sites for hydroxylation is 1. The molecule has 0 aliphatic carbocycles. The molecule has 1 aromatic carbocycles. The molecule has 0 amide bonds. The molecule has 0 unspecified atom stereocenters. The third-order valence-corrected chi connectivity index (χ3v) is 5.08. The molecular formula is C17H22N4O3S. The Hall–Kier alpha value is -2.03. The highest BCUT2D eigenvalue weighted by Gasteiger charge is 2.37. The summed E-state index contributed by atoms with van der Waals surface area (Å²) in [7, 11) is 3.23. The van der Waals surface area contributed by atoms with Crippen LogP contribution in [0.3, 0.4) is 0 Å². The zero-order chi connectivity index (χ0) is 18.1. The lowest BCUT2D eigenvalue weighted by atomic mass is 10.1. The van der Waals surface area contributed by atoms with Crippen LogP contribution in [-0.2, 0) is 23.2 Å². The van der Waals surface area contributed by atoms with E-state index in [1.165, 1.54) is 7.11 Å². The van der Waals surface area contributed by atoms with Gasteiger partial charge in [-0.05, 0) is 24.7 Å². The molecule has 1 aliphatic heterocycles. The summed E-state index contributed by atoms with van der Waals surface area (Å²) in [6, 6.07) is 7.51. The number of hydrogen-bond donors (Lipinski definition) is 1. The van der Waals surface area contributed by atoms with E-state index in [-0.39, 0.29) is 5.97 Å². The van der Waals surface area contributed by atoms with E-state index in [2.05, 4.69) is 5.10 Å². The van der Waals surface area contributed by atoms with E-state index in [0.29, 0.717) is 24.4 Å². The Morgan fingerprint density at radius 1 is 1.44 bits per heavy atom. The number of aliphatic hydroxyl groups excluding tert-OH is 1. The average molecular weight is 362 g/mol. The van der Waals surface area contributed by atoms with Crippen molar-refractivity contribution in [1.29, 1.82) is 0 Å². The lowest BCUT2D eigenvalue weighted by Crippen LogP contribution is -2.38. The molecule has 2 heterocycles. The van der Waals surface area contributed by atoms with Gasteiger partial charge in [-0.15, -0.1) is 0 Å². The van der Waals surface area contributed by atoms with Crippen LogP contribution in [0.4, 0.5) is 0 Å². The molecule has 1 aliphatic rings. The number of aromatic nitrogens is 3. The Balaban J connectivity index is 1.92. The lowest BCUT2D eigenvalue weighted by molar-refractivity contribution is -0.146. The van der Waals surface area contributed by atoms with Crippen LogP contribution in [0, 0.1) is 11.7 Å². The number of esters is 1. The van der Waals surface area contributed by atoms with E-state index >= 15 is 0 Å². The summed E-state index contributed by atoms with van der Waals surface area (Å²) in [4.78, 5) is 13.8. The molecule has 0 radical (unpaired) electrons. The van der Waals surface area contributed by atoms with Crippen LogP contribution in [-0.4, -0.2) is 56.1 Å². The van der Waals surface area contributed by atoms with Crippen molar-refractivity contribution in [3.05, 3.63) is 34.6 Å². The number of nitrogens with zero attached hydrogens (tertiary/aromatic N) is 4. The van der Waals surface area contributed by atoms with E-state index in [4.69, 9.17) is 17.0 Å². The van der Waals surface area contributed by atoms with E-state index in [1.54, 1.807) is 4.68 Å². The van der Waals surface area contributed by atoms with E-state index in [9.17, 15) is 9.90 Å².